The number of ether oxygens (including phenoxy) is 1. The van der Waals surface area contributed by atoms with Crippen LogP contribution in [0.2, 0.25) is 0 Å². The van der Waals surface area contributed by atoms with Gasteiger partial charge in [0.1, 0.15) is 31.5 Å². The highest BCUT2D eigenvalue weighted by atomic mass is 35.5. The Labute approximate surface area is 154 Å². The number of carbonyl (C=O) groups excluding carboxylic acids is 1. The number of quaternary nitrogens is 1. The summed E-state index contributed by atoms with van der Waals surface area (Å²) >= 11 is 0. The molecule has 0 spiro atoms. The number of fused-ring (bicyclic) bond motifs is 1. The summed E-state index contributed by atoms with van der Waals surface area (Å²) in [5.41, 5.74) is 3.43. The van der Waals surface area contributed by atoms with Crippen molar-refractivity contribution in [3.05, 3.63) is 65.2 Å². The molecule has 0 radical (unpaired) electrons. The van der Waals surface area contributed by atoms with Crippen molar-refractivity contribution >= 4 is 5.78 Å². The van der Waals surface area contributed by atoms with Gasteiger partial charge in [0.25, 0.3) is 0 Å². The standard InChI is InChI=1S/C20H23NO3.ClH/c1-15(22)17-7-4-8-20(11-17)24-14-19(23)13-21-10-9-16-5-2-3-6-18(16)12-21;/h2-8,11,19,23H,9-10,12-14H2,1H3;1H. The Bertz CT molecular complexity index is 720. The Hall–Kier alpha value is -1.88. The Morgan fingerprint density at radius 1 is 1.20 bits per heavy atom. The predicted octanol–water partition coefficient (Wildman–Crippen LogP) is -1.73. The lowest BCUT2D eigenvalue weighted by atomic mass is 10.00. The fraction of sp³-hybridized carbons (Fsp3) is 0.350. The van der Waals surface area contributed by atoms with Crippen LogP contribution in [0.5, 0.6) is 5.75 Å². The van der Waals surface area contributed by atoms with Gasteiger partial charge in [-0.1, -0.05) is 36.4 Å². The molecule has 0 aromatic heterocycles. The van der Waals surface area contributed by atoms with E-state index in [4.69, 9.17) is 4.74 Å². The highest BCUT2D eigenvalue weighted by Gasteiger charge is 2.21. The van der Waals surface area contributed by atoms with E-state index < -0.39 is 6.10 Å². The number of carbonyl (C=O) groups is 1. The van der Waals surface area contributed by atoms with Crippen LogP contribution in [-0.4, -0.2) is 36.7 Å². The van der Waals surface area contributed by atoms with Gasteiger partial charge in [0.2, 0.25) is 0 Å². The molecule has 25 heavy (non-hydrogen) atoms. The first-order valence-corrected chi connectivity index (χ1v) is 8.44. The van der Waals surface area contributed by atoms with Gasteiger partial charge in [0.05, 0.1) is 6.54 Å². The third-order valence-corrected chi connectivity index (χ3v) is 4.51. The van der Waals surface area contributed by atoms with E-state index in [0.717, 1.165) is 19.5 Å². The molecule has 4 nitrogen and oxygen atoms in total. The molecule has 0 saturated carbocycles. The number of aliphatic hydroxyl groups is 1. The van der Waals surface area contributed by atoms with Crippen molar-refractivity contribution in [2.45, 2.75) is 26.0 Å². The molecular weight excluding hydrogens is 338 g/mol. The fourth-order valence-electron chi connectivity index (χ4n) is 3.21. The summed E-state index contributed by atoms with van der Waals surface area (Å²) in [6.07, 6.45) is 0.533. The Balaban J connectivity index is 0.00000225. The van der Waals surface area contributed by atoms with E-state index in [9.17, 15) is 9.90 Å². The number of benzene rings is 2. The van der Waals surface area contributed by atoms with Crippen molar-refractivity contribution in [2.75, 3.05) is 19.7 Å². The average molecular weight is 362 g/mol. The second kappa shape index (κ2) is 8.99. The topological polar surface area (TPSA) is 51.0 Å². The number of Topliss-reactive ketones (excluding diaryl/α,β-unsaturated/α-hetero) is 1. The molecule has 2 unspecified atom stereocenters. The first-order valence-electron chi connectivity index (χ1n) is 8.44. The van der Waals surface area contributed by atoms with E-state index in [1.165, 1.54) is 23.0 Å². The molecule has 2 aromatic carbocycles. The summed E-state index contributed by atoms with van der Waals surface area (Å²) in [6, 6.07) is 15.6. The third kappa shape index (κ3) is 5.30. The van der Waals surface area contributed by atoms with E-state index in [-0.39, 0.29) is 24.8 Å². The van der Waals surface area contributed by atoms with E-state index in [0.29, 0.717) is 17.9 Å². The maximum Gasteiger partial charge on any atom is 0.159 e. The van der Waals surface area contributed by atoms with Crippen molar-refractivity contribution in [1.29, 1.82) is 0 Å². The number of ketones is 1. The molecule has 3 rings (SSSR count). The molecule has 0 fully saturated rings. The minimum atomic E-state index is -0.522. The predicted molar refractivity (Wildman–Crippen MR) is 92.5 cm³/mol. The van der Waals surface area contributed by atoms with Crippen LogP contribution in [0.25, 0.3) is 0 Å². The summed E-state index contributed by atoms with van der Waals surface area (Å²) in [4.78, 5) is 12.8. The molecule has 1 heterocycles. The summed E-state index contributed by atoms with van der Waals surface area (Å²) < 4.78 is 5.65. The smallest absolute Gasteiger partial charge is 0.159 e. The van der Waals surface area contributed by atoms with Crippen LogP contribution in [0.3, 0.4) is 0 Å². The molecule has 134 valence electrons. The van der Waals surface area contributed by atoms with Gasteiger partial charge in [0.15, 0.2) is 5.78 Å². The van der Waals surface area contributed by atoms with Crippen LogP contribution in [0.1, 0.15) is 28.4 Å². The molecule has 0 bridgehead atoms. The normalized spacial score (nSPS) is 17.1. The zero-order valence-electron chi connectivity index (χ0n) is 14.4. The van der Waals surface area contributed by atoms with Gasteiger partial charge in [-0.05, 0) is 24.6 Å². The zero-order chi connectivity index (χ0) is 16.9. The number of aliphatic hydroxyl groups excluding tert-OH is 1. The summed E-state index contributed by atoms with van der Waals surface area (Å²) in [5.74, 6) is 0.637. The summed E-state index contributed by atoms with van der Waals surface area (Å²) in [7, 11) is 0. The maximum atomic E-state index is 11.4. The van der Waals surface area contributed by atoms with Crippen molar-refractivity contribution in [2.24, 2.45) is 0 Å². The molecule has 5 heteroatoms. The molecule has 1 aliphatic heterocycles. The molecule has 1 aliphatic rings. The van der Waals surface area contributed by atoms with Crippen LogP contribution in [0.4, 0.5) is 0 Å². The Morgan fingerprint density at radius 3 is 2.72 bits per heavy atom. The first-order chi connectivity index (χ1) is 11.6. The molecular formula is C20H24ClNO3. The highest BCUT2D eigenvalue weighted by Crippen LogP contribution is 2.14. The Kier molecular flexibility index (Phi) is 7.00. The Morgan fingerprint density at radius 2 is 1.96 bits per heavy atom. The number of hydrogen-bond acceptors (Lipinski definition) is 3. The molecule has 0 amide bonds. The molecule has 2 aromatic rings. The van der Waals surface area contributed by atoms with Gasteiger partial charge >= 0.3 is 0 Å². The summed E-state index contributed by atoms with van der Waals surface area (Å²) in [5, 5.41) is 10.3. The molecule has 2 N–H and O–H groups in total. The fourth-order valence-corrected chi connectivity index (χ4v) is 3.21. The van der Waals surface area contributed by atoms with Crippen LogP contribution < -0.4 is 22.0 Å². The second-order valence-corrected chi connectivity index (χ2v) is 6.45. The molecule has 2 atom stereocenters. The number of nitrogens with one attached hydrogen (secondary N) is 1. The van der Waals surface area contributed by atoms with Crippen LogP contribution in [0, 0.1) is 0 Å². The van der Waals surface area contributed by atoms with E-state index in [1.54, 1.807) is 18.2 Å². The van der Waals surface area contributed by atoms with Gasteiger partial charge < -0.3 is 27.2 Å². The number of rotatable bonds is 6. The monoisotopic (exact) mass is 361 g/mol. The quantitative estimate of drug-likeness (QED) is 0.602. The second-order valence-electron chi connectivity index (χ2n) is 6.45. The largest absolute Gasteiger partial charge is 1.00 e. The first kappa shape index (κ1) is 19.4. The average Bonchev–Trinajstić information content (AvgIpc) is 2.60. The molecule has 0 saturated heterocycles. The van der Waals surface area contributed by atoms with Gasteiger partial charge in [-0.2, -0.15) is 0 Å². The van der Waals surface area contributed by atoms with Crippen molar-refractivity contribution < 1.29 is 31.9 Å². The lowest BCUT2D eigenvalue weighted by Gasteiger charge is -2.27. The number of halogens is 1. The minimum Gasteiger partial charge on any atom is -1.00 e. The maximum absolute atomic E-state index is 11.4. The van der Waals surface area contributed by atoms with Crippen molar-refractivity contribution in [3.8, 4) is 5.75 Å². The van der Waals surface area contributed by atoms with Gasteiger partial charge in [-0.25, -0.2) is 0 Å². The zero-order valence-corrected chi connectivity index (χ0v) is 15.1. The van der Waals surface area contributed by atoms with Gasteiger partial charge in [0, 0.05) is 17.5 Å². The van der Waals surface area contributed by atoms with E-state index >= 15 is 0 Å². The van der Waals surface area contributed by atoms with Gasteiger partial charge in [-0.3, -0.25) is 4.79 Å². The highest BCUT2D eigenvalue weighted by molar-refractivity contribution is 5.94. The lowest BCUT2D eigenvalue weighted by Crippen LogP contribution is -3.13. The number of hydrogen-bond donors (Lipinski definition) is 2. The third-order valence-electron chi connectivity index (χ3n) is 4.51. The molecule has 0 aliphatic carbocycles. The van der Waals surface area contributed by atoms with E-state index in [2.05, 4.69) is 24.3 Å². The van der Waals surface area contributed by atoms with Crippen molar-refractivity contribution in [1.82, 2.24) is 0 Å². The van der Waals surface area contributed by atoms with Gasteiger partial charge in [-0.15, -0.1) is 0 Å². The summed E-state index contributed by atoms with van der Waals surface area (Å²) in [6.45, 7) is 4.43. The van der Waals surface area contributed by atoms with Crippen LogP contribution in [0.15, 0.2) is 48.5 Å². The lowest BCUT2D eigenvalue weighted by molar-refractivity contribution is -0.918. The minimum absolute atomic E-state index is 0. The SMILES string of the molecule is CC(=O)c1cccc(OCC(O)C[NH+]2CCc3ccccc3C2)c1.[Cl-]. The van der Waals surface area contributed by atoms with E-state index in [1.807, 2.05) is 6.07 Å². The van der Waals surface area contributed by atoms with Crippen molar-refractivity contribution in [3.63, 3.8) is 0 Å². The van der Waals surface area contributed by atoms with Crippen LogP contribution in [-0.2, 0) is 13.0 Å². The van der Waals surface area contributed by atoms with Crippen LogP contribution >= 0.6 is 0 Å².